The summed E-state index contributed by atoms with van der Waals surface area (Å²) < 4.78 is 48.8. The number of hydrogen-bond acceptors (Lipinski definition) is 17. The highest BCUT2D eigenvalue weighted by molar-refractivity contribution is 7.99. The lowest BCUT2D eigenvalue weighted by molar-refractivity contribution is -0.154. The molecule has 4 aromatic carbocycles. The van der Waals surface area contributed by atoms with E-state index in [2.05, 4.69) is 56.8 Å². The van der Waals surface area contributed by atoms with Crippen LogP contribution in [0.25, 0.3) is 22.3 Å². The monoisotopic (exact) mass is 1210 g/mol. The number of esters is 1. The van der Waals surface area contributed by atoms with Crippen molar-refractivity contribution in [2.75, 3.05) is 40.9 Å². The molecular weight excluding hydrogens is 1140 g/mol. The van der Waals surface area contributed by atoms with Gasteiger partial charge in [0.2, 0.25) is 0 Å². The molecule has 0 radical (unpaired) electrons. The maximum Gasteiger partial charge on any atom is 0.414 e. The van der Waals surface area contributed by atoms with Gasteiger partial charge in [-0.3, -0.25) is 14.6 Å². The van der Waals surface area contributed by atoms with E-state index < -0.39 is 29.4 Å². The third-order valence-corrected chi connectivity index (χ3v) is 13.7. The van der Waals surface area contributed by atoms with E-state index in [4.69, 9.17) is 25.8 Å². The minimum absolute atomic E-state index is 0. The molecule has 4 aromatic heterocycles. The predicted octanol–water partition coefficient (Wildman–Crippen LogP) is 11.3. The molecule has 2 atom stereocenters. The number of halogens is 4. The van der Waals surface area contributed by atoms with Gasteiger partial charge in [0, 0.05) is 60.4 Å². The quantitative estimate of drug-likeness (QED) is 0.0211. The summed E-state index contributed by atoms with van der Waals surface area (Å²) in [5.41, 5.74) is 5.06. The minimum Gasteiger partial charge on any atom is -0.460 e. The zero-order chi connectivity index (χ0) is 54.9. The lowest BCUT2D eigenvalue weighted by Gasteiger charge is -2.19. The number of thioether (sulfide) groups is 2. The summed E-state index contributed by atoms with van der Waals surface area (Å²) in [5, 5.41) is 40.8. The van der Waals surface area contributed by atoms with Crippen LogP contribution in [-0.2, 0) is 44.5 Å². The Morgan fingerprint density at radius 2 is 1.20 bits per heavy atom. The van der Waals surface area contributed by atoms with Crippen molar-refractivity contribution in [2.45, 2.75) is 109 Å². The van der Waals surface area contributed by atoms with Gasteiger partial charge in [-0.2, -0.15) is 20.6 Å². The molecule has 0 aliphatic carbocycles. The van der Waals surface area contributed by atoms with Gasteiger partial charge in [-0.05, 0) is 85.8 Å². The summed E-state index contributed by atoms with van der Waals surface area (Å²) in [4.78, 5) is 38.7. The van der Waals surface area contributed by atoms with Crippen LogP contribution in [0.3, 0.4) is 0 Å². The number of nitrogens with one attached hydrogen (secondary N) is 3. The number of aromatic nitrogens is 12. The summed E-state index contributed by atoms with van der Waals surface area (Å²) in [6, 6.07) is 24.7. The molecule has 10 rings (SSSR count). The van der Waals surface area contributed by atoms with Crippen molar-refractivity contribution in [3.8, 4) is 22.3 Å². The summed E-state index contributed by atoms with van der Waals surface area (Å²) in [6.07, 6.45) is 9.36. The van der Waals surface area contributed by atoms with Gasteiger partial charge < -0.3 is 19.5 Å². The van der Waals surface area contributed by atoms with Gasteiger partial charge >= 0.3 is 18.2 Å². The van der Waals surface area contributed by atoms with E-state index in [-0.39, 0.29) is 52.9 Å². The van der Waals surface area contributed by atoms with E-state index in [1.54, 1.807) is 94.3 Å². The van der Waals surface area contributed by atoms with Crippen molar-refractivity contribution in [1.29, 1.82) is 0 Å². The maximum absolute atomic E-state index is 15.0. The van der Waals surface area contributed by atoms with Gasteiger partial charge in [0.25, 0.3) is 0 Å². The molecule has 6 heterocycles. The lowest BCUT2D eigenvalue weighted by Crippen LogP contribution is -2.26. The van der Waals surface area contributed by atoms with Gasteiger partial charge in [-0.15, -0.1) is 67.9 Å². The molecular formula is C55H69Cl2F2N15O6S2. The molecule has 0 saturated carbocycles. The Kier molecular flexibility index (Phi) is 26.9. The smallest absolute Gasteiger partial charge is 0.414 e. The first-order valence-electron chi connectivity index (χ1n) is 24.6. The highest BCUT2D eigenvalue weighted by Crippen LogP contribution is 2.32. The van der Waals surface area contributed by atoms with Gasteiger partial charge in [0.05, 0.1) is 62.3 Å². The normalized spacial score (nSPS) is 14.3. The van der Waals surface area contributed by atoms with E-state index in [0.717, 1.165) is 56.8 Å². The number of rotatable bonds is 20. The fourth-order valence-corrected chi connectivity index (χ4v) is 9.48. The molecule has 2 amide bonds. The second-order valence-electron chi connectivity index (χ2n) is 18.5. The molecule has 3 N–H and O–H groups in total. The first-order valence-corrected chi connectivity index (χ1v) is 27.2. The van der Waals surface area contributed by atoms with Gasteiger partial charge in [0.15, 0.2) is 0 Å². The zero-order valence-electron chi connectivity index (χ0n) is 43.2. The molecule has 82 heavy (non-hydrogen) atoms. The van der Waals surface area contributed by atoms with Crippen LogP contribution in [0.4, 0.5) is 29.7 Å². The average Bonchev–Trinajstić information content (AvgIpc) is 4.45. The average molecular weight is 1210 g/mol. The zero-order valence-corrected chi connectivity index (χ0v) is 46.4. The van der Waals surface area contributed by atoms with Crippen LogP contribution in [0, 0.1) is 11.6 Å². The van der Waals surface area contributed by atoms with Crippen molar-refractivity contribution >= 4 is 77.1 Å². The Morgan fingerprint density at radius 3 is 1.61 bits per heavy atom. The number of amides is 2. The van der Waals surface area contributed by atoms with Crippen LogP contribution >= 0.6 is 47.5 Å². The highest BCUT2D eigenvalue weighted by atomic mass is 35.5. The lowest BCUT2D eigenvalue weighted by atomic mass is 10.0. The van der Waals surface area contributed by atoms with Gasteiger partial charge in [-0.1, -0.05) is 81.2 Å². The van der Waals surface area contributed by atoms with Crippen LogP contribution < -0.4 is 15.1 Å². The van der Waals surface area contributed by atoms with Crippen LogP contribution in [0.5, 0.6) is 0 Å². The number of anilines is 2. The van der Waals surface area contributed by atoms with Crippen molar-refractivity contribution < 1.29 is 37.4 Å². The molecule has 0 unspecified atom stereocenters. The summed E-state index contributed by atoms with van der Waals surface area (Å²) >= 11 is 8.99. The SMILES string of the molecule is C.C.C.CC(C)(C)OC(=O)CCCSc1cn[nH]n1.Cl.O=C1O[C@@H](Cn2ccnn2)CN1c1ccc(-c2ccc(CCl)cc2)c(F)c1.O=C1O[C@@H](Cn2ccnn2)CN1c1ccc(-c2ccc(CNCCSc3cn[nH]n3)cc2)c(F)c1. The molecule has 2 aliphatic rings. The van der Waals surface area contributed by atoms with E-state index >= 15 is 0 Å². The Bertz CT molecular complexity index is 3150. The largest absolute Gasteiger partial charge is 0.460 e. The molecule has 2 saturated heterocycles. The number of carbonyl (C=O) groups is 3. The number of ether oxygens (including phenoxy) is 3. The Balaban J connectivity index is 0.000000275. The fourth-order valence-electron chi connectivity index (χ4n) is 7.89. The standard InChI is InChI=1S/C23H23FN8O2S.C19H16ClFN4O2.C10H17N3O2S.3CH4.ClH/c24-21-11-18(32-15-19(34-23(32)33)14-31-9-7-26-30-31)5-6-20(21)17-3-1-16(2-4-17)12-25-8-10-35-22-13-27-29-28-22;20-10-13-1-3-14(4-2-13)17-6-5-15(9-18(17)21)25-12-16(27-19(25)26)11-24-8-7-22-23-24;1-10(2,3)15-9(14)5-4-6-16-8-7-11-13-12-8;;;;/h1-7,9,11,13,19,25H,8,10,12,14-15H2,(H,27,28,29);1-9,16H,10-12H2;7H,4-6H2,1-3H3,(H,11,12,13);3*1H4;1H/t19-;16-;;;;;/m00...../s1. The molecule has 21 nitrogen and oxygen atoms in total. The second-order valence-corrected chi connectivity index (χ2v) is 21.0. The first kappa shape index (κ1) is 67.1. The molecule has 0 spiro atoms. The van der Waals surface area contributed by atoms with Crippen molar-refractivity contribution in [1.82, 2.24) is 66.1 Å². The molecule has 8 aromatic rings. The molecule has 440 valence electrons. The van der Waals surface area contributed by atoms with E-state index in [1.807, 2.05) is 69.3 Å². The summed E-state index contributed by atoms with van der Waals surface area (Å²) in [7, 11) is 0. The van der Waals surface area contributed by atoms with Crippen molar-refractivity contribution in [2.24, 2.45) is 0 Å². The maximum atomic E-state index is 15.0. The number of hydrogen-bond donors (Lipinski definition) is 3. The number of cyclic esters (lactones) is 2. The Labute approximate surface area is 495 Å². The van der Waals surface area contributed by atoms with Gasteiger partial charge in [0.1, 0.15) is 39.5 Å². The number of carbonyl (C=O) groups excluding carboxylic acids is 3. The summed E-state index contributed by atoms with van der Waals surface area (Å²) in [5.74, 6) is 1.19. The summed E-state index contributed by atoms with van der Waals surface area (Å²) in [6.45, 7) is 8.58. The first-order chi connectivity index (χ1) is 37.8. The number of alkyl halides is 1. The Morgan fingerprint density at radius 1 is 0.720 bits per heavy atom. The van der Waals surface area contributed by atoms with Crippen molar-refractivity contribution in [3.05, 3.63) is 145 Å². The van der Waals surface area contributed by atoms with E-state index in [9.17, 15) is 23.2 Å². The van der Waals surface area contributed by atoms with Crippen LogP contribution in [0.2, 0.25) is 0 Å². The van der Waals surface area contributed by atoms with Gasteiger partial charge in [-0.25, -0.2) is 27.7 Å². The number of nitrogens with zero attached hydrogens (tertiary/aromatic N) is 12. The number of aromatic amines is 2. The van der Waals surface area contributed by atoms with Crippen LogP contribution in [-0.4, -0.2) is 128 Å². The third kappa shape index (κ3) is 19.9. The highest BCUT2D eigenvalue weighted by Gasteiger charge is 2.34. The number of benzene rings is 4. The second kappa shape index (κ2) is 32.9. The Hall–Kier alpha value is -7.45. The molecule has 2 fully saturated rings. The predicted molar refractivity (Wildman–Crippen MR) is 317 cm³/mol. The van der Waals surface area contributed by atoms with Crippen LogP contribution in [0.15, 0.2) is 132 Å². The van der Waals surface area contributed by atoms with Crippen LogP contribution in [0.1, 0.15) is 67.0 Å². The third-order valence-electron chi connectivity index (χ3n) is 11.5. The topological polar surface area (TPSA) is 242 Å². The molecule has 27 heteroatoms. The van der Waals surface area contributed by atoms with Crippen molar-refractivity contribution in [3.63, 3.8) is 0 Å². The van der Waals surface area contributed by atoms with E-state index in [0.29, 0.717) is 67.5 Å². The molecule has 2 aliphatic heterocycles. The van der Waals surface area contributed by atoms with E-state index in [1.165, 1.54) is 21.9 Å². The molecule has 0 bridgehead atoms. The fraction of sp³-hybridized carbons (Fsp3) is 0.364. The number of H-pyrrole nitrogens is 2. The minimum atomic E-state index is -0.501.